The van der Waals surface area contributed by atoms with Crippen molar-refractivity contribution in [3.63, 3.8) is 0 Å². The fraction of sp³-hybridized carbons (Fsp3) is 0.500. The number of hydrogen-bond acceptors (Lipinski definition) is 5. The minimum Gasteiger partial charge on any atom is -0.444 e. The molecule has 5 rings (SSSR count). The van der Waals surface area contributed by atoms with Crippen molar-refractivity contribution in [2.24, 2.45) is 0 Å². The summed E-state index contributed by atoms with van der Waals surface area (Å²) in [5, 5.41) is 4.79. The molecule has 3 aromatic rings. The number of hydrogen-bond donors (Lipinski definition) is 0. The Morgan fingerprint density at radius 2 is 1.50 bits per heavy atom. The molecule has 8 nitrogen and oxygen atoms in total. The first-order valence-electron chi connectivity index (χ1n) is 15.2. The maximum absolute atomic E-state index is 14.1. The van der Waals surface area contributed by atoms with E-state index in [2.05, 4.69) is 69.0 Å². The lowest BCUT2D eigenvalue weighted by atomic mass is 9.90. The quantitative estimate of drug-likeness (QED) is 0.374. The standard InChI is InChI=1S/C34H45N5O3/c1-23-8-11-30(26(4)20-23)36-16-18-37(19-17-36)32(40)29-22-35-39(28-10-9-24(2)25(3)21-28)31(29)27-12-14-38(15-13-27)33(41)42-34(5,6)7/h8-11,20-22,27H,12-19H2,1-7H3. The third-order valence-corrected chi connectivity index (χ3v) is 8.57. The molecule has 42 heavy (non-hydrogen) atoms. The lowest BCUT2D eigenvalue weighted by Crippen LogP contribution is -2.49. The number of piperazine rings is 1. The summed E-state index contributed by atoms with van der Waals surface area (Å²) >= 11 is 0. The molecule has 1 aromatic heterocycles. The van der Waals surface area contributed by atoms with Crippen molar-refractivity contribution in [2.45, 2.75) is 72.8 Å². The fourth-order valence-corrected chi connectivity index (χ4v) is 6.12. The second-order valence-electron chi connectivity index (χ2n) is 12.9. The van der Waals surface area contributed by atoms with Crippen molar-refractivity contribution in [3.8, 4) is 5.69 Å². The number of benzene rings is 2. The normalized spacial score (nSPS) is 16.6. The van der Waals surface area contributed by atoms with Crippen LogP contribution in [0.5, 0.6) is 0 Å². The van der Waals surface area contributed by atoms with Crippen LogP contribution in [0.25, 0.3) is 5.69 Å². The predicted molar refractivity (Wildman–Crippen MR) is 167 cm³/mol. The Bertz CT molecular complexity index is 1450. The van der Waals surface area contributed by atoms with Crippen LogP contribution in [0.3, 0.4) is 0 Å². The largest absolute Gasteiger partial charge is 0.444 e. The summed E-state index contributed by atoms with van der Waals surface area (Å²) in [4.78, 5) is 33.0. The number of aryl methyl sites for hydroxylation is 4. The van der Waals surface area contributed by atoms with Gasteiger partial charge in [0.1, 0.15) is 5.60 Å². The van der Waals surface area contributed by atoms with Gasteiger partial charge in [0.05, 0.1) is 23.1 Å². The molecule has 224 valence electrons. The first-order chi connectivity index (χ1) is 19.9. The van der Waals surface area contributed by atoms with Gasteiger partial charge < -0.3 is 19.4 Å². The van der Waals surface area contributed by atoms with Gasteiger partial charge in [0.2, 0.25) is 0 Å². The van der Waals surface area contributed by atoms with E-state index in [1.165, 1.54) is 27.9 Å². The lowest BCUT2D eigenvalue weighted by molar-refractivity contribution is 0.0203. The Morgan fingerprint density at radius 3 is 2.12 bits per heavy atom. The fourth-order valence-electron chi connectivity index (χ4n) is 6.12. The van der Waals surface area contributed by atoms with Gasteiger partial charge in [-0.05, 0) is 96.2 Å². The molecule has 2 aliphatic rings. The van der Waals surface area contributed by atoms with E-state index in [1.54, 1.807) is 11.1 Å². The van der Waals surface area contributed by atoms with Crippen molar-refractivity contribution in [1.29, 1.82) is 0 Å². The molecule has 3 heterocycles. The molecule has 0 radical (unpaired) electrons. The molecule has 0 N–H and O–H groups in total. The van der Waals surface area contributed by atoms with Crippen molar-refractivity contribution >= 4 is 17.7 Å². The van der Waals surface area contributed by atoms with E-state index in [1.807, 2.05) is 30.4 Å². The smallest absolute Gasteiger partial charge is 0.410 e. The minimum absolute atomic E-state index is 0.0370. The highest BCUT2D eigenvalue weighted by atomic mass is 16.6. The molecule has 2 saturated heterocycles. The van der Waals surface area contributed by atoms with Gasteiger partial charge in [0, 0.05) is 50.9 Å². The van der Waals surface area contributed by atoms with Crippen LogP contribution < -0.4 is 4.90 Å². The molecule has 0 saturated carbocycles. The second-order valence-corrected chi connectivity index (χ2v) is 12.9. The van der Waals surface area contributed by atoms with Crippen LogP contribution in [0.2, 0.25) is 0 Å². The number of anilines is 1. The number of amides is 2. The number of carbonyl (C=O) groups excluding carboxylic acids is 2. The molecule has 0 atom stereocenters. The van der Waals surface area contributed by atoms with Gasteiger partial charge >= 0.3 is 6.09 Å². The molecule has 0 spiro atoms. The van der Waals surface area contributed by atoms with Crippen molar-refractivity contribution in [1.82, 2.24) is 19.6 Å². The minimum atomic E-state index is -0.530. The van der Waals surface area contributed by atoms with E-state index in [0.29, 0.717) is 31.7 Å². The summed E-state index contributed by atoms with van der Waals surface area (Å²) in [5.74, 6) is 0.137. The van der Waals surface area contributed by atoms with Gasteiger partial charge in [-0.3, -0.25) is 4.79 Å². The Hall–Kier alpha value is -3.81. The van der Waals surface area contributed by atoms with Gasteiger partial charge in [-0.1, -0.05) is 23.8 Å². The van der Waals surface area contributed by atoms with E-state index < -0.39 is 5.60 Å². The summed E-state index contributed by atoms with van der Waals surface area (Å²) in [6.45, 7) is 18.2. The third-order valence-electron chi connectivity index (χ3n) is 8.57. The summed E-state index contributed by atoms with van der Waals surface area (Å²) < 4.78 is 7.58. The Kier molecular flexibility index (Phi) is 8.35. The monoisotopic (exact) mass is 571 g/mol. The van der Waals surface area contributed by atoms with E-state index in [-0.39, 0.29) is 17.9 Å². The first kappa shape index (κ1) is 29.7. The number of aromatic nitrogens is 2. The molecule has 2 aromatic carbocycles. The van der Waals surface area contributed by atoms with Gasteiger partial charge in [-0.15, -0.1) is 0 Å². The Labute approximate surface area is 250 Å². The van der Waals surface area contributed by atoms with E-state index in [9.17, 15) is 9.59 Å². The molecule has 0 unspecified atom stereocenters. The van der Waals surface area contributed by atoms with Crippen LogP contribution in [-0.4, -0.2) is 76.5 Å². The maximum Gasteiger partial charge on any atom is 0.410 e. The highest BCUT2D eigenvalue weighted by Gasteiger charge is 2.34. The second kappa shape index (κ2) is 11.8. The molecule has 8 heteroatoms. The summed E-state index contributed by atoms with van der Waals surface area (Å²) in [5.41, 5.74) is 8.22. The number of likely N-dealkylation sites (tertiary alicyclic amines) is 1. The van der Waals surface area contributed by atoms with Crippen molar-refractivity contribution < 1.29 is 14.3 Å². The van der Waals surface area contributed by atoms with Crippen LogP contribution in [0, 0.1) is 27.7 Å². The number of ether oxygens (including phenoxy) is 1. The molecule has 2 amide bonds. The third kappa shape index (κ3) is 6.32. The molecule has 2 aliphatic heterocycles. The van der Waals surface area contributed by atoms with Crippen LogP contribution in [0.4, 0.5) is 10.5 Å². The molecular weight excluding hydrogens is 526 g/mol. The van der Waals surface area contributed by atoms with E-state index in [0.717, 1.165) is 37.3 Å². The number of nitrogens with zero attached hydrogens (tertiary/aromatic N) is 5. The zero-order valence-corrected chi connectivity index (χ0v) is 26.2. The van der Waals surface area contributed by atoms with Crippen LogP contribution in [-0.2, 0) is 4.74 Å². The highest BCUT2D eigenvalue weighted by Crippen LogP contribution is 2.34. The van der Waals surface area contributed by atoms with Crippen molar-refractivity contribution in [2.75, 3.05) is 44.2 Å². The highest BCUT2D eigenvalue weighted by molar-refractivity contribution is 5.95. The van der Waals surface area contributed by atoms with Gasteiger partial charge in [0.15, 0.2) is 0 Å². The topological polar surface area (TPSA) is 70.9 Å². The maximum atomic E-state index is 14.1. The number of carbonyl (C=O) groups is 2. The van der Waals surface area contributed by atoms with Gasteiger partial charge in [-0.2, -0.15) is 5.10 Å². The molecule has 0 aliphatic carbocycles. The molecule has 0 bridgehead atoms. The predicted octanol–water partition coefficient (Wildman–Crippen LogP) is 6.18. The molecule has 2 fully saturated rings. The van der Waals surface area contributed by atoms with E-state index in [4.69, 9.17) is 9.84 Å². The first-order valence-corrected chi connectivity index (χ1v) is 15.2. The van der Waals surface area contributed by atoms with Crippen LogP contribution in [0.15, 0.2) is 42.6 Å². The number of piperidine rings is 1. The average molecular weight is 572 g/mol. The van der Waals surface area contributed by atoms with Gasteiger partial charge in [0.25, 0.3) is 5.91 Å². The van der Waals surface area contributed by atoms with Crippen molar-refractivity contribution in [3.05, 3.63) is 76.1 Å². The van der Waals surface area contributed by atoms with Crippen LogP contribution >= 0.6 is 0 Å². The van der Waals surface area contributed by atoms with Crippen LogP contribution in [0.1, 0.15) is 77.8 Å². The summed E-state index contributed by atoms with van der Waals surface area (Å²) in [6.07, 6.45) is 2.97. The van der Waals surface area contributed by atoms with E-state index >= 15 is 0 Å². The summed E-state index contributed by atoms with van der Waals surface area (Å²) in [7, 11) is 0. The average Bonchev–Trinajstić information content (AvgIpc) is 3.39. The zero-order valence-electron chi connectivity index (χ0n) is 26.2. The SMILES string of the molecule is Cc1ccc(N2CCN(C(=O)c3cnn(-c4ccc(C)c(C)c4)c3C3CCN(C(=O)OC(C)(C)C)CC3)CC2)c(C)c1. The number of rotatable bonds is 4. The zero-order chi connectivity index (χ0) is 30.2. The Morgan fingerprint density at radius 1 is 0.810 bits per heavy atom. The Balaban J connectivity index is 1.38. The lowest BCUT2D eigenvalue weighted by Gasteiger charge is -2.37. The van der Waals surface area contributed by atoms with Gasteiger partial charge in [-0.25, -0.2) is 9.48 Å². The summed E-state index contributed by atoms with van der Waals surface area (Å²) in [6, 6.07) is 12.9. The molecular formula is C34H45N5O3.